The molecule has 0 amide bonds. The number of rotatable bonds is 2. The van der Waals surface area contributed by atoms with Crippen LogP contribution in [0.5, 0.6) is 17.2 Å². The molecule has 5 nitrogen and oxygen atoms in total. The Bertz CT molecular complexity index is 440. The Balaban J connectivity index is 1.70. The van der Waals surface area contributed by atoms with Crippen molar-refractivity contribution in [2.45, 2.75) is 18.9 Å². The van der Waals surface area contributed by atoms with E-state index in [1.165, 1.54) is 0 Å². The van der Waals surface area contributed by atoms with Crippen LogP contribution in [0.4, 0.5) is 0 Å². The van der Waals surface area contributed by atoms with Gasteiger partial charge in [0.25, 0.3) is 0 Å². The quantitative estimate of drug-likeness (QED) is 0.614. The molecule has 3 rings (SSSR count). The molecule has 0 aliphatic carbocycles. The van der Waals surface area contributed by atoms with Crippen molar-refractivity contribution in [3.63, 3.8) is 0 Å². The van der Waals surface area contributed by atoms with E-state index in [1.54, 1.807) is 18.2 Å². The fourth-order valence-corrected chi connectivity index (χ4v) is 2.01. The standard InChI is InChI=1S/C12H13NO4/c14-12(9-2-1-5-13-9)17-8-3-4-10-11(6-8)16-7-15-10/h3-4,6,9,13H,1-2,5,7H2. The van der Waals surface area contributed by atoms with Gasteiger partial charge in [0, 0.05) is 6.07 Å². The lowest BCUT2D eigenvalue weighted by atomic mass is 10.2. The highest BCUT2D eigenvalue weighted by Crippen LogP contribution is 2.35. The van der Waals surface area contributed by atoms with Crippen molar-refractivity contribution in [1.29, 1.82) is 0 Å². The number of esters is 1. The maximum atomic E-state index is 11.8. The van der Waals surface area contributed by atoms with Crippen LogP contribution in [0.3, 0.4) is 0 Å². The van der Waals surface area contributed by atoms with Gasteiger partial charge < -0.3 is 19.5 Å². The van der Waals surface area contributed by atoms with E-state index in [0.717, 1.165) is 19.4 Å². The summed E-state index contributed by atoms with van der Waals surface area (Å²) >= 11 is 0. The highest BCUT2D eigenvalue weighted by Gasteiger charge is 2.24. The predicted molar refractivity (Wildman–Crippen MR) is 59.2 cm³/mol. The highest BCUT2D eigenvalue weighted by molar-refractivity contribution is 5.78. The first-order valence-corrected chi connectivity index (χ1v) is 5.68. The molecule has 1 N–H and O–H groups in total. The molecule has 0 spiro atoms. The van der Waals surface area contributed by atoms with Gasteiger partial charge in [0.2, 0.25) is 6.79 Å². The van der Waals surface area contributed by atoms with Gasteiger partial charge >= 0.3 is 5.97 Å². The summed E-state index contributed by atoms with van der Waals surface area (Å²) < 4.78 is 15.7. The molecule has 17 heavy (non-hydrogen) atoms. The van der Waals surface area contributed by atoms with Crippen molar-refractivity contribution in [2.75, 3.05) is 13.3 Å². The molecule has 0 aromatic heterocycles. The average Bonchev–Trinajstić information content (AvgIpc) is 2.99. The summed E-state index contributed by atoms with van der Waals surface area (Å²) in [6.45, 7) is 1.10. The number of nitrogens with one attached hydrogen (secondary N) is 1. The molecule has 5 heteroatoms. The second-order valence-corrected chi connectivity index (χ2v) is 4.09. The lowest BCUT2D eigenvalue weighted by Crippen LogP contribution is -2.34. The smallest absolute Gasteiger partial charge is 0.328 e. The van der Waals surface area contributed by atoms with E-state index in [0.29, 0.717) is 17.2 Å². The average molecular weight is 235 g/mol. The minimum atomic E-state index is -0.235. The molecule has 1 aromatic rings. The third kappa shape index (κ3) is 2.06. The van der Waals surface area contributed by atoms with E-state index in [4.69, 9.17) is 14.2 Å². The van der Waals surface area contributed by atoms with E-state index < -0.39 is 0 Å². The first-order chi connectivity index (χ1) is 8.33. The Morgan fingerprint density at radius 2 is 2.24 bits per heavy atom. The molecule has 2 aliphatic heterocycles. The van der Waals surface area contributed by atoms with Crippen molar-refractivity contribution in [1.82, 2.24) is 5.32 Å². The van der Waals surface area contributed by atoms with E-state index in [1.807, 2.05) is 0 Å². The Hall–Kier alpha value is -1.75. The molecule has 1 aromatic carbocycles. The molecule has 1 unspecified atom stereocenters. The predicted octanol–water partition coefficient (Wildman–Crippen LogP) is 1.07. The monoisotopic (exact) mass is 235 g/mol. The van der Waals surface area contributed by atoms with E-state index >= 15 is 0 Å². The third-order valence-corrected chi connectivity index (χ3v) is 2.91. The van der Waals surface area contributed by atoms with Crippen molar-refractivity contribution < 1.29 is 19.0 Å². The number of hydrogen-bond donors (Lipinski definition) is 1. The van der Waals surface area contributed by atoms with Gasteiger partial charge in [-0.15, -0.1) is 0 Å². The van der Waals surface area contributed by atoms with Gasteiger partial charge in [0.05, 0.1) is 0 Å². The second kappa shape index (κ2) is 4.25. The number of carbonyl (C=O) groups excluding carboxylic acids is 1. The molecule has 0 bridgehead atoms. The molecule has 2 heterocycles. The van der Waals surface area contributed by atoms with Crippen molar-refractivity contribution >= 4 is 5.97 Å². The van der Waals surface area contributed by atoms with Gasteiger partial charge in [-0.3, -0.25) is 0 Å². The molecule has 1 saturated heterocycles. The molecule has 0 radical (unpaired) electrons. The third-order valence-electron chi connectivity index (χ3n) is 2.91. The van der Waals surface area contributed by atoms with Crippen LogP contribution < -0.4 is 19.5 Å². The summed E-state index contributed by atoms with van der Waals surface area (Å²) in [6.07, 6.45) is 1.85. The van der Waals surface area contributed by atoms with Gasteiger partial charge in [-0.2, -0.15) is 0 Å². The fraction of sp³-hybridized carbons (Fsp3) is 0.417. The molecule has 1 atom stereocenters. The first kappa shape index (κ1) is 10.4. The summed E-state index contributed by atoms with van der Waals surface area (Å²) in [5, 5.41) is 3.10. The maximum absolute atomic E-state index is 11.8. The summed E-state index contributed by atoms with van der Waals surface area (Å²) in [4.78, 5) is 11.8. The van der Waals surface area contributed by atoms with Crippen LogP contribution in [0, 0.1) is 0 Å². The van der Waals surface area contributed by atoms with Crippen LogP contribution in [-0.2, 0) is 4.79 Å². The molecule has 1 fully saturated rings. The lowest BCUT2D eigenvalue weighted by Gasteiger charge is -2.10. The molecular weight excluding hydrogens is 222 g/mol. The molecule has 0 saturated carbocycles. The summed E-state index contributed by atoms with van der Waals surface area (Å²) in [6, 6.07) is 4.95. The Morgan fingerprint density at radius 3 is 3.06 bits per heavy atom. The minimum absolute atomic E-state index is 0.180. The van der Waals surface area contributed by atoms with Crippen LogP contribution in [0.15, 0.2) is 18.2 Å². The van der Waals surface area contributed by atoms with Crippen molar-refractivity contribution in [3.05, 3.63) is 18.2 Å². The fourth-order valence-electron chi connectivity index (χ4n) is 2.01. The molecule has 90 valence electrons. The molecular formula is C12H13NO4. The first-order valence-electron chi connectivity index (χ1n) is 5.68. The lowest BCUT2D eigenvalue weighted by molar-refractivity contribution is -0.136. The highest BCUT2D eigenvalue weighted by atomic mass is 16.7. The summed E-state index contributed by atoms with van der Waals surface area (Å²) in [7, 11) is 0. The van der Waals surface area contributed by atoms with Crippen LogP contribution >= 0.6 is 0 Å². The number of benzene rings is 1. The molecule has 2 aliphatic rings. The van der Waals surface area contributed by atoms with Crippen LogP contribution in [0.1, 0.15) is 12.8 Å². The van der Waals surface area contributed by atoms with Gasteiger partial charge in [0.15, 0.2) is 11.5 Å². The maximum Gasteiger partial charge on any atom is 0.328 e. The minimum Gasteiger partial charge on any atom is -0.454 e. The topological polar surface area (TPSA) is 56.8 Å². The summed E-state index contributed by atoms with van der Waals surface area (Å²) in [5.41, 5.74) is 0. The van der Waals surface area contributed by atoms with Crippen molar-refractivity contribution in [2.24, 2.45) is 0 Å². The SMILES string of the molecule is O=C(Oc1ccc2c(c1)OCO2)C1CCCN1. The Morgan fingerprint density at radius 1 is 1.35 bits per heavy atom. The number of fused-ring (bicyclic) bond motifs is 1. The van der Waals surface area contributed by atoms with Gasteiger partial charge in [0.1, 0.15) is 11.8 Å². The number of ether oxygens (including phenoxy) is 3. The Kier molecular flexibility index (Phi) is 2.60. The van der Waals surface area contributed by atoms with E-state index in [2.05, 4.69) is 5.32 Å². The number of hydrogen-bond acceptors (Lipinski definition) is 5. The van der Waals surface area contributed by atoms with Gasteiger partial charge in [-0.05, 0) is 31.5 Å². The normalized spacial score (nSPS) is 21.5. The van der Waals surface area contributed by atoms with Crippen LogP contribution in [-0.4, -0.2) is 25.3 Å². The van der Waals surface area contributed by atoms with Crippen LogP contribution in [0.25, 0.3) is 0 Å². The zero-order valence-electron chi connectivity index (χ0n) is 9.27. The van der Waals surface area contributed by atoms with Crippen molar-refractivity contribution in [3.8, 4) is 17.2 Å². The zero-order valence-corrected chi connectivity index (χ0v) is 9.27. The van der Waals surface area contributed by atoms with Gasteiger partial charge in [-0.1, -0.05) is 0 Å². The second-order valence-electron chi connectivity index (χ2n) is 4.09. The van der Waals surface area contributed by atoms with Gasteiger partial charge in [-0.25, -0.2) is 4.79 Å². The Labute approximate surface area is 98.7 Å². The summed E-state index contributed by atoms with van der Waals surface area (Å²) in [5.74, 6) is 1.56. The van der Waals surface area contributed by atoms with E-state index in [9.17, 15) is 4.79 Å². The van der Waals surface area contributed by atoms with Crippen LogP contribution in [0.2, 0.25) is 0 Å². The van der Waals surface area contributed by atoms with E-state index in [-0.39, 0.29) is 18.8 Å². The number of carbonyl (C=O) groups is 1. The zero-order chi connectivity index (χ0) is 11.7. The largest absolute Gasteiger partial charge is 0.454 e.